The van der Waals surface area contributed by atoms with Crippen LogP contribution in [-0.2, 0) is 23.0 Å². The van der Waals surface area contributed by atoms with E-state index in [4.69, 9.17) is 4.74 Å². The van der Waals surface area contributed by atoms with Gasteiger partial charge in [-0.1, -0.05) is 0 Å². The van der Waals surface area contributed by atoms with Crippen molar-refractivity contribution in [2.24, 2.45) is 7.05 Å². The van der Waals surface area contributed by atoms with Gasteiger partial charge < -0.3 is 14.6 Å². The predicted octanol–water partition coefficient (Wildman–Crippen LogP) is 2.77. The van der Waals surface area contributed by atoms with Crippen molar-refractivity contribution >= 4 is 17.6 Å². The summed E-state index contributed by atoms with van der Waals surface area (Å²) in [4.78, 5) is 23.5. The third kappa shape index (κ3) is 4.22. The van der Waals surface area contributed by atoms with Crippen LogP contribution in [0.1, 0.15) is 29.4 Å². The van der Waals surface area contributed by atoms with Crippen LogP contribution < -0.4 is 5.32 Å². The summed E-state index contributed by atoms with van der Waals surface area (Å²) in [6.07, 6.45) is 3.06. The van der Waals surface area contributed by atoms with Gasteiger partial charge in [0.1, 0.15) is 0 Å². The van der Waals surface area contributed by atoms with E-state index in [1.165, 1.54) is 0 Å². The zero-order valence-electron chi connectivity index (χ0n) is 12.8. The highest BCUT2D eigenvalue weighted by atomic mass is 16.5. The van der Waals surface area contributed by atoms with Gasteiger partial charge in [-0.3, -0.25) is 4.79 Å². The van der Waals surface area contributed by atoms with E-state index in [1.807, 2.05) is 29.9 Å². The van der Waals surface area contributed by atoms with Gasteiger partial charge in [0.15, 0.2) is 0 Å². The fraction of sp³-hybridized carbons (Fsp3) is 0.294. The van der Waals surface area contributed by atoms with Crippen molar-refractivity contribution in [2.75, 3.05) is 11.9 Å². The van der Waals surface area contributed by atoms with Gasteiger partial charge in [0.25, 0.3) is 0 Å². The Bertz CT molecular complexity index is 644. The third-order valence-electron chi connectivity index (χ3n) is 3.34. The maximum Gasteiger partial charge on any atom is 0.338 e. The van der Waals surface area contributed by atoms with Crippen molar-refractivity contribution in [3.05, 3.63) is 53.9 Å². The molecule has 0 saturated heterocycles. The molecule has 0 aliphatic carbocycles. The van der Waals surface area contributed by atoms with Crippen molar-refractivity contribution in [3.8, 4) is 0 Å². The van der Waals surface area contributed by atoms with Gasteiger partial charge in [-0.25, -0.2) is 4.79 Å². The lowest BCUT2D eigenvalue weighted by atomic mass is 10.2. The fourth-order valence-electron chi connectivity index (χ4n) is 2.13. The molecule has 1 amide bonds. The number of esters is 1. The summed E-state index contributed by atoms with van der Waals surface area (Å²) in [5.41, 5.74) is 2.27. The number of benzene rings is 1. The summed E-state index contributed by atoms with van der Waals surface area (Å²) in [6, 6.07) is 10.7. The first-order chi connectivity index (χ1) is 10.6. The minimum absolute atomic E-state index is 0.0508. The molecule has 5 heteroatoms. The van der Waals surface area contributed by atoms with E-state index in [2.05, 4.69) is 5.32 Å². The van der Waals surface area contributed by atoms with Crippen LogP contribution in [0.5, 0.6) is 0 Å². The van der Waals surface area contributed by atoms with Crippen LogP contribution in [0.15, 0.2) is 42.6 Å². The second kappa shape index (κ2) is 7.45. The van der Waals surface area contributed by atoms with Crippen molar-refractivity contribution < 1.29 is 14.3 Å². The molecule has 1 aromatic heterocycles. The summed E-state index contributed by atoms with van der Waals surface area (Å²) in [5.74, 6) is -0.408. The molecule has 1 aromatic carbocycles. The van der Waals surface area contributed by atoms with Gasteiger partial charge in [0.05, 0.1) is 12.2 Å². The van der Waals surface area contributed by atoms with Gasteiger partial charge in [-0.05, 0) is 49.7 Å². The van der Waals surface area contributed by atoms with Crippen LogP contribution in [0, 0.1) is 0 Å². The fourth-order valence-corrected chi connectivity index (χ4v) is 2.13. The Labute approximate surface area is 129 Å². The minimum atomic E-state index is -0.357. The second-order valence-electron chi connectivity index (χ2n) is 4.96. The first-order valence-corrected chi connectivity index (χ1v) is 7.27. The number of aromatic nitrogens is 1. The molecule has 0 aliphatic heterocycles. The Morgan fingerprint density at radius 3 is 2.50 bits per heavy atom. The van der Waals surface area contributed by atoms with Crippen molar-refractivity contribution in [3.63, 3.8) is 0 Å². The van der Waals surface area contributed by atoms with Crippen LogP contribution in [0.3, 0.4) is 0 Å². The molecule has 0 atom stereocenters. The summed E-state index contributed by atoms with van der Waals surface area (Å²) < 4.78 is 6.91. The van der Waals surface area contributed by atoms with E-state index < -0.39 is 0 Å². The van der Waals surface area contributed by atoms with Crippen molar-refractivity contribution in [1.82, 2.24) is 4.57 Å². The van der Waals surface area contributed by atoms with Gasteiger partial charge in [0, 0.05) is 31.0 Å². The smallest absolute Gasteiger partial charge is 0.338 e. The van der Waals surface area contributed by atoms with Crippen LogP contribution in [0.25, 0.3) is 0 Å². The average molecular weight is 300 g/mol. The lowest BCUT2D eigenvalue weighted by Gasteiger charge is -2.07. The largest absolute Gasteiger partial charge is 0.462 e. The number of hydrogen-bond donors (Lipinski definition) is 1. The monoisotopic (exact) mass is 300 g/mol. The third-order valence-corrected chi connectivity index (χ3v) is 3.34. The number of hydrogen-bond acceptors (Lipinski definition) is 3. The summed E-state index contributed by atoms with van der Waals surface area (Å²) in [7, 11) is 1.96. The van der Waals surface area contributed by atoms with Gasteiger partial charge >= 0.3 is 5.97 Å². The van der Waals surface area contributed by atoms with Gasteiger partial charge in [-0.15, -0.1) is 0 Å². The Morgan fingerprint density at radius 1 is 1.18 bits per heavy atom. The standard InChI is InChI=1S/C17H20N2O3/c1-3-22-17(21)13-6-8-14(9-7-13)18-16(20)11-10-15-5-4-12-19(15)2/h4-9,12H,3,10-11H2,1-2H3,(H,18,20). The maximum atomic E-state index is 11.9. The molecule has 22 heavy (non-hydrogen) atoms. The van der Waals surface area contributed by atoms with Crippen molar-refractivity contribution in [1.29, 1.82) is 0 Å². The Morgan fingerprint density at radius 2 is 1.91 bits per heavy atom. The molecule has 1 heterocycles. The second-order valence-corrected chi connectivity index (χ2v) is 4.96. The van der Waals surface area contributed by atoms with Crippen molar-refractivity contribution in [2.45, 2.75) is 19.8 Å². The van der Waals surface area contributed by atoms with Gasteiger partial charge in [-0.2, -0.15) is 0 Å². The highest BCUT2D eigenvalue weighted by molar-refractivity contribution is 5.93. The number of nitrogens with one attached hydrogen (secondary N) is 1. The first kappa shape index (κ1) is 15.8. The highest BCUT2D eigenvalue weighted by Gasteiger charge is 2.08. The zero-order chi connectivity index (χ0) is 15.9. The molecule has 0 aliphatic rings. The summed E-state index contributed by atoms with van der Waals surface area (Å²) in [6.45, 7) is 2.11. The van der Waals surface area contributed by atoms with Crippen LogP contribution in [0.2, 0.25) is 0 Å². The SMILES string of the molecule is CCOC(=O)c1ccc(NC(=O)CCc2cccn2C)cc1. The lowest BCUT2D eigenvalue weighted by Crippen LogP contribution is -2.13. The predicted molar refractivity (Wildman–Crippen MR) is 84.8 cm³/mol. The average Bonchev–Trinajstić information content (AvgIpc) is 2.91. The summed E-state index contributed by atoms with van der Waals surface area (Å²) >= 11 is 0. The van der Waals surface area contributed by atoms with Crippen LogP contribution in [0.4, 0.5) is 5.69 Å². The number of amides is 1. The van der Waals surface area contributed by atoms with E-state index in [1.54, 1.807) is 31.2 Å². The van der Waals surface area contributed by atoms with Crippen LogP contribution >= 0.6 is 0 Å². The number of ether oxygens (including phenoxy) is 1. The van der Waals surface area contributed by atoms with E-state index in [0.29, 0.717) is 30.7 Å². The molecule has 1 N–H and O–H groups in total. The molecular weight excluding hydrogens is 280 g/mol. The molecule has 2 rings (SSSR count). The molecule has 0 unspecified atom stereocenters. The van der Waals surface area contributed by atoms with E-state index >= 15 is 0 Å². The normalized spacial score (nSPS) is 10.3. The number of rotatable bonds is 6. The molecule has 116 valence electrons. The molecule has 2 aromatic rings. The van der Waals surface area contributed by atoms with Crippen LogP contribution in [-0.4, -0.2) is 23.1 Å². The minimum Gasteiger partial charge on any atom is -0.462 e. The molecule has 0 saturated carbocycles. The van der Waals surface area contributed by atoms with E-state index in [-0.39, 0.29) is 11.9 Å². The number of anilines is 1. The van der Waals surface area contributed by atoms with E-state index in [9.17, 15) is 9.59 Å². The lowest BCUT2D eigenvalue weighted by molar-refractivity contribution is -0.116. The summed E-state index contributed by atoms with van der Waals surface area (Å²) in [5, 5.41) is 2.82. The first-order valence-electron chi connectivity index (χ1n) is 7.27. The Hall–Kier alpha value is -2.56. The number of carbonyl (C=O) groups excluding carboxylic acids is 2. The maximum absolute atomic E-state index is 11.9. The molecule has 0 radical (unpaired) electrons. The molecule has 0 fully saturated rings. The molecule has 0 spiro atoms. The highest BCUT2D eigenvalue weighted by Crippen LogP contribution is 2.12. The Balaban J connectivity index is 1.86. The zero-order valence-corrected chi connectivity index (χ0v) is 12.8. The number of nitrogens with zero attached hydrogens (tertiary/aromatic N) is 1. The molecule has 0 bridgehead atoms. The molecule has 5 nitrogen and oxygen atoms in total. The number of carbonyl (C=O) groups is 2. The number of aryl methyl sites for hydroxylation is 2. The Kier molecular flexibility index (Phi) is 5.36. The molecular formula is C17H20N2O3. The van der Waals surface area contributed by atoms with Gasteiger partial charge in [0.2, 0.25) is 5.91 Å². The van der Waals surface area contributed by atoms with E-state index in [0.717, 1.165) is 5.69 Å². The quantitative estimate of drug-likeness (QED) is 0.834. The topological polar surface area (TPSA) is 60.3 Å².